The van der Waals surface area contributed by atoms with Gasteiger partial charge in [-0.25, -0.2) is 9.59 Å². The second kappa shape index (κ2) is 9.59. The van der Waals surface area contributed by atoms with E-state index in [2.05, 4.69) is 0 Å². The van der Waals surface area contributed by atoms with E-state index in [0.717, 1.165) is 11.1 Å². The van der Waals surface area contributed by atoms with Crippen molar-refractivity contribution in [1.82, 2.24) is 4.90 Å². The van der Waals surface area contributed by atoms with Crippen molar-refractivity contribution in [2.45, 2.75) is 39.7 Å². The summed E-state index contributed by atoms with van der Waals surface area (Å²) in [6.07, 6.45) is 0.0747. The number of ether oxygens (including phenoxy) is 3. The van der Waals surface area contributed by atoms with Crippen molar-refractivity contribution >= 4 is 17.6 Å². The average Bonchev–Trinajstić information content (AvgIpc) is 2.65. The largest absolute Gasteiger partial charge is 0.491 e. The van der Waals surface area contributed by atoms with Crippen LogP contribution in [-0.2, 0) is 14.3 Å². The molecule has 0 saturated heterocycles. The van der Waals surface area contributed by atoms with Crippen LogP contribution in [0.2, 0.25) is 0 Å². The lowest BCUT2D eigenvalue weighted by atomic mass is 9.93. The Morgan fingerprint density at radius 3 is 2.43 bits per heavy atom. The maximum Gasteiger partial charge on any atom is 0.410 e. The lowest BCUT2D eigenvalue weighted by Gasteiger charge is -2.32. The number of hydrogen-bond donors (Lipinski definition) is 1. The van der Waals surface area contributed by atoms with Crippen LogP contribution in [-0.4, -0.2) is 60.6 Å². The number of carbonyl (C=O) groups excluding carboxylic acids is 2. The van der Waals surface area contributed by atoms with Crippen molar-refractivity contribution < 1.29 is 28.9 Å². The summed E-state index contributed by atoms with van der Waals surface area (Å²) in [5.74, 6) is 0.216. The van der Waals surface area contributed by atoms with E-state index in [4.69, 9.17) is 19.3 Å². The van der Waals surface area contributed by atoms with E-state index < -0.39 is 17.7 Å². The molecular weight excluding hydrogens is 362 g/mol. The van der Waals surface area contributed by atoms with Crippen LogP contribution in [0.5, 0.6) is 5.75 Å². The minimum absolute atomic E-state index is 0.0551. The van der Waals surface area contributed by atoms with Gasteiger partial charge in [0, 0.05) is 6.54 Å². The standard InChI is InChI=1S/C21H29NO6/c1-5-26-19(24)18-14-22(20(25)28-21(2,3)4)11-10-17(18)15-6-8-16(9-7-15)27-13-12-23/h6-9,23H,5,10-14H2,1-4H3. The van der Waals surface area contributed by atoms with Gasteiger partial charge in [0.05, 0.1) is 25.3 Å². The summed E-state index contributed by atoms with van der Waals surface area (Å²) in [5, 5.41) is 8.85. The topological polar surface area (TPSA) is 85.3 Å². The summed E-state index contributed by atoms with van der Waals surface area (Å²) in [6, 6.07) is 7.32. The molecule has 0 unspecified atom stereocenters. The smallest absolute Gasteiger partial charge is 0.410 e. The summed E-state index contributed by atoms with van der Waals surface area (Å²) >= 11 is 0. The third kappa shape index (κ3) is 5.99. The van der Waals surface area contributed by atoms with Gasteiger partial charge in [-0.3, -0.25) is 0 Å². The minimum atomic E-state index is -0.602. The number of rotatable bonds is 6. The Balaban J connectivity index is 2.26. The molecule has 28 heavy (non-hydrogen) atoms. The van der Waals surface area contributed by atoms with Gasteiger partial charge in [-0.1, -0.05) is 12.1 Å². The van der Waals surface area contributed by atoms with E-state index in [1.807, 2.05) is 32.9 Å². The number of carbonyl (C=O) groups is 2. The van der Waals surface area contributed by atoms with Gasteiger partial charge < -0.3 is 24.2 Å². The fraction of sp³-hybridized carbons (Fsp3) is 0.524. The van der Waals surface area contributed by atoms with E-state index in [1.54, 1.807) is 19.1 Å². The first-order valence-corrected chi connectivity index (χ1v) is 9.46. The minimum Gasteiger partial charge on any atom is -0.491 e. The monoisotopic (exact) mass is 391 g/mol. The molecule has 0 saturated carbocycles. The SMILES string of the molecule is CCOC(=O)C1=C(c2ccc(OCCO)cc2)CCN(C(=O)OC(C)(C)C)C1. The Morgan fingerprint density at radius 2 is 1.86 bits per heavy atom. The number of aliphatic hydroxyl groups excluding tert-OH is 1. The van der Waals surface area contributed by atoms with Gasteiger partial charge in [0.25, 0.3) is 0 Å². The molecule has 0 bridgehead atoms. The van der Waals surface area contributed by atoms with Crippen LogP contribution in [0.4, 0.5) is 4.79 Å². The molecule has 1 heterocycles. The van der Waals surface area contributed by atoms with E-state index in [9.17, 15) is 9.59 Å². The van der Waals surface area contributed by atoms with Gasteiger partial charge in [-0.05, 0) is 57.4 Å². The quantitative estimate of drug-likeness (QED) is 0.751. The highest BCUT2D eigenvalue weighted by molar-refractivity contribution is 5.99. The van der Waals surface area contributed by atoms with E-state index in [1.165, 1.54) is 4.90 Å². The first kappa shape index (κ1) is 21.8. The first-order chi connectivity index (χ1) is 13.2. The molecule has 1 N–H and O–H groups in total. The molecule has 0 spiro atoms. The number of benzene rings is 1. The average molecular weight is 391 g/mol. The highest BCUT2D eigenvalue weighted by Gasteiger charge is 2.30. The molecule has 0 aromatic heterocycles. The zero-order valence-corrected chi connectivity index (χ0v) is 17.0. The maximum absolute atomic E-state index is 12.5. The second-order valence-corrected chi connectivity index (χ2v) is 7.43. The molecular formula is C21H29NO6. The number of aliphatic hydroxyl groups is 1. The molecule has 0 aliphatic carbocycles. The van der Waals surface area contributed by atoms with Crippen LogP contribution in [0.1, 0.15) is 39.7 Å². The molecule has 1 amide bonds. The van der Waals surface area contributed by atoms with Crippen molar-refractivity contribution in [3.63, 3.8) is 0 Å². The number of nitrogens with zero attached hydrogens (tertiary/aromatic N) is 1. The summed E-state index contributed by atoms with van der Waals surface area (Å²) in [7, 11) is 0. The zero-order chi connectivity index (χ0) is 20.7. The summed E-state index contributed by atoms with van der Waals surface area (Å²) < 4.78 is 16.0. The normalized spacial score (nSPS) is 14.7. The molecule has 7 nitrogen and oxygen atoms in total. The number of esters is 1. The van der Waals surface area contributed by atoms with Crippen LogP contribution < -0.4 is 4.74 Å². The van der Waals surface area contributed by atoms with Crippen LogP contribution in [0.25, 0.3) is 5.57 Å². The molecule has 2 rings (SSSR count). The van der Waals surface area contributed by atoms with Crippen molar-refractivity contribution in [1.29, 1.82) is 0 Å². The third-order valence-corrected chi connectivity index (χ3v) is 4.08. The van der Waals surface area contributed by atoms with E-state index >= 15 is 0 Å². The molecule has 154 valence electrons. The first-order valence-electron chi connectivity index (χ1n) is 9.46. The number of hydrogen-bond acceptors (Lipinski definition) is 6. The predicted octanol–water partition coefficient (Wildman–Crippen LogP) is 3.02. The zero-order valence-electron chi connectivity index (χ0n) is 17.0. The molecule has 0 atom stereocenters. The molecule has 1 aliphatic rings. The van der Waals surface area contributed by atoms with Crippen molar-refractivity contribution in [3.05, 3.63) is 35.4 Å². The molecule has 1 aromatic carbocycles. The molecule has 7 heteroatoms. The van der Waals surface area contributed by atoms with Crippen LogP contribution in [0, 0.1) is 0 Å². The van der Waals surface area contributed by atoms with E-state index in [0.29, 0.717) is 24.3 Å². The van der Waals surface area contributed by atoms with Gasteiger partial charge in [0.15, 0.2) is 0 Å². The Labute approximate surface area is 165 Å². The fourth-order valence-corrected chi connectivity index (χ4v) is 2.89. The van der Waals surface area contributed by atoms with Crippen molar-refractivity contribution in [2.75, 3.05) is 32.9 Å². The highest BCUT2D eigenvalue weighted by atomic mass is 16.6. The van der Waals surface area contributed by atoms with E-state index in [-0.39, 0.29) is 26.4 Å². The lowest BCUT2D eigenvalue weighted by molar-refractivity contribution is -0.138. The molecule has 1 aromatic rings. The molecule has 0 radical (unpaired) electrons. The Bertz CT molecular complexity index is 717. The van der Waals surface area contributed by atoms with Gasteiger partial charge in [0.1, 0.15) is 18.0 Å². The predicted molar refractivity (Wildman–Crippen MR) is 105 cm³/mol. The van der Waals surface area contributed by atoms with Crippen LogP contribution >= 0.6 is 0 Å². The van der Waals surface area contributed by atoms with Gasteiger partial charge >= 0.3 is 12.1 Å². The summed E-state index contributed by atoms with van der Waals surface area (Å²) in [6.45, 7) is 8.20. The van der Waals surface area contributed by atoms with Crippen LogP contribution in [0.3, 0.4) is 0 Å². The Kier molecular flexibility index (Phi) is 7.45. The molecule has 0 fully saturated rings. The van der Waals surface area contributed by atoms with Crippen LogP contribution in [0.15, 0.2) is 29.8 Å². The number of amides is 1. The van der Waals surface area contributed by atoms with Crippen molar-refractivity contribution in [3.8, 4) is 5.75 Å². The third-order valence-electron chi connectivity index (χ3n) is 4.08. The summed E-state index contributed by atoms with van der Waals surface area (Å²) in [5.41, 5.74) is 1.59. The summed E-state index contributed by atoms with van der Waals surface area (Å²) in [4.78, 5) is 26.5. The van der Waals surface area contributed by atoms with Gasteiger partial charge in [0.2, 0.25) is 0 Å². The van der Waals surface area contributed by atoms with Gasteiger partial charge in [-0.15, -0.1) is 0 Å². The second-order valence-electron chi connectivity index (χ2n) is 7.43. The fourth-order valence-electron chi connectivity index (χ4n) is 2.89. The molecule has 1 aliphatic heterocycles. The highest BCUT2D eigenvalue weighted by Crippen LogP contribution is 2.30. The maximum atomic E-state index is 12.5. The van der Waals surface area contributed by atoms with Gasteiger partial charge in [-0.2, -0.15) is 0 Å². The lowest BCUT2D eigenvalue weighted by Crippen LogP contribution is -2.42. The Morgan fingerprint density at radius 1 is 1.18 bits per heavy atom. The Hall–Kier alpha value is -2.54. The van der Waals surface area contributed by atoms with Crippen molar-refractivity contribution in [2.24, 2.45) is 0 Å².